The Morgan fingerprint density at radius 3 is 2.61 bits per heavy atom. The highest BCUT2D eigenvalue weighted by Gasteiger charge is 2.27. The second kappa shape index (κ2) is 7.93. The summed E-state index contributed by atoms with van der Waals surface area (Å²) in [4.78, 5) is 12.4. The molecule has 0 amide bonds. The van der Waals surface area contributed by atoms with Crippen molar-refractivity contribution in [1.29, 1.82) is 0 Å². The van der Waals surface area contributed by atoms with Crippen LogP contribution in [0.25, 0.3) is 0 Å². The second-order valence-electron chi connectivity index (χ2n) is 6.54. The monoisotopic (exact) mass is 253 g/mol. The number of hydrogen-bond donors (Lipinski definition) is 1. The number of ketones is 1. The van der Waals surface area contributed by atoms with E-state index in [-0.39, 0.29) is 0 Å². The Morgan fingerprint density at radius 1 is 1.33 bits per heavy atom. The molecule has 0 aromatic rings. The van der Waals surface area contributed by atoms with Gasteiger partial charge in [-0.25, -0.2) is 0 Å². The van der Waals surface area contributed by atoms with Gasteiger partial charge in [0.15, 0.2) is 0 Å². The highest BCUT2D eigenvalue weighted by Crippen LogP contribution is 2.33. The van der Waals surface area contributed by atoms with Gasteiger partial charge >= 0.3 is 0 Å². The van der Waals surface area contributed by atoms with Crippen molar-refractivity contribution in [2.75, 3.05) is 6.54 Å². The first-order valence-corrected chi connectivity index (χ1v) is 7.79. The first kappa shape index (κ1) is 15.7. The van der Waals surface area contributed by atoms with Crippen molar-refractivity contribution >= 4 is 5.78 Å². The van der Waals surface area contributed by atoms with E-state index in [4.69, 9.17) is 5.73 Å². The van der Waals surface area contributed by atoms with Crippen molar-refractivity contribution in [1.82, 2.24) is 0 Å². The largest absolute Gasteiger partial charge is 0.330 e. The molecule has 1 aliphatic rings. The van der Waals surface area contributed by atoms with Gasteiger partial charge in [0.1, 0.15) is 5.78 Å². The average Bonchev–Trinajstić information content (AvgIpc) is 2.37. The summed E-state index contributed by atoms with van der Waals surface area (Å²) in [6.07, 6.45) is 7.86. The molecule has 0 aliphatic heterocycles. The molecule has 3 atom stereocenters. The van der Waals surface area contributed by atoms with E-state index in [1.807, 2.05) is 0 Å². The first-order chi connectivity index (χ1) is 8.56. The van der Waals surface area contributed by atoms with E-state index in [2.05, 4.69) is 20.8 Å². The van der Waals surface area contributed by atoms with Crippen LogP contribution in [0.3, 0.4) is 0 Å². The van der Waals surface area contributed by atoms with Crippen molar-refractivity contribution in [3.8, 4) is 0 Å². The summed E-state index contributed by atoms with van der Waals surface area (Å²) in [6.45, 7) is 7.33. The quantitative estimate of drug-likeness (QED) is 0.750. The van der Waals surface area contributed by atoms with Gasteiger partial charge in [-0.05, 0) is 43.6 Å². The lowest BCUT2D eigenvalue weighted by Crippen LogP contribution is -2.27. The standard InChI is InChI=1S/C16H31NO/c1-4-13-6-5-7-15(9-13)16(18)10-14(11-17)8-12(2)3/h12-15H,4-11,17H2,1-3H3. The second-order valence-corrected chi connectivity index (χ2v) is 6.54. The Kier molecular flexibility index (Phi) is 6.91. The lowest BCUT2D eigenvalue weighted by Gasteiger charge is -2.28. The molecule has 0 aromatic heterocycles. The van der Waals surface area contributed by atoms with E-state index >= 15 is 0 Å². The maximum Gasteiger partial charge on any atom is 0.136 e. The van der Waals surface area contributed by atoms with Gasteiger partial charge in [-0.1, -0.05) is 40.0 Å². The van der Waals surface area contributed by atoms with Gasteiger partial charge in [0.05, 0.1) is 0 Å². The molecule has 0 heterocycles. The van der Waals surface area contributed by atoms with Crippen LogP contribution >= 0.6 is 0 Å². The van der Waals surface area contributed by atoms with Crippen molar-refractivity contribution in [3.63, 3.8) is 0 Å². The fraction of sp³-hybridized carbons (Fsp3) is 0.938. The molecule has 106 valence electrons. The van der Waals surface area contributed by atoms with Crippen molar-refractivity contribution < 1.29 is 4.79 Å². The Hall–Kier alpha value is -0.370. The van der Waals surface area contributed by atoms with Gasteiger partial charge in [0.25, 0.3) is 0 Å². The SMILES string of the molecule is CCC1CCCC(C(=O)CC(CN)CC(C)C)C1. The van der Waals surface area contributed by atoms with E-state index in [1.54, 1.807) is 0 Å². The first-order valence-electron chi connectivity index (χ1n) is 7.79. The van der Waals surface area contributed by atoms with Crippen LogP contribution in [-0.2, 0) is 4.79 Å². The minimum Gasteiger partial charge on any atom is -0.330 e. The molecule has 1 fully saturated rings. The number of rotatable bonds is 7. The molecule has 1 saturated carbocycles. The van der Waals surface area contributed by atoms with Crippen LogP contribution in [0, 0.1) is 23.7 Å². The van der Waals surface area contributed by atoms with Crippen molar-refractivity contribution in [2.24, 2.45) is 29.4 Å². The van der Waals surface area contributed by atoms with E-state index in [9.17, 15) is 4.79 Å². The number of carbonyl (C=O) groups excluding carboxylic acids is 1. The highest BCUT2D eigenvalue weighted by atomic mass is 16.1. The average molecular weight is 253 g/mol. The van der Waals surface area contributed by atoms with Crippen LogP contribution in [0.5, 0.6) is 0 Å². The normalized spacial score (nSPS) is 26.3. The lowest BCUT2D eigenvalue weighted by atomic mass is 9.76. The molecular formula is C16H31NO. The molecule has 3 unspecified atom stereocenters. The number of carbonyl (C=O) groups is 1. The van der Waals surface area contributed by atoms with Gasteiger partial charge in [-0.3, -0.25) is 4.79 Å². The predicted molar refractivity (Wildman–Crippen MR) is 77.4 cm³/mol. The zero-order chi connectivity index (χ0) is 13.5. The van der Waals surface area contributed by atoms with Gasteiger partial charge in [-0.15, -0.1) is 0 Å². The van der Waals surface area contributed by atoms with Crippen LogP contribution in [0.1, 0.15) is 65.7 Å². The molecule has 2 heteroatoms. The topological polar surface area (TPSA) is 43.1 Å². The van der Waals surface area contributed by atoms with Gasteiger partial charge in [-0.2, -0.15) is 0 Å². The van der Waals surface area contributed by atoms with Crippen LogP contribution in [-0.4, -0.2) is 12.3 Å². The molecule has 0 aromatic carbocycles. The van der Waals surface area contributed by atoms with Crippen LogP contribution < -0.4 is 5.73 Å². The summed E-state index contributed by atoms with van der Waals surface area (Å²) in [5, 5.41) is 0. The van der Waals surface area contributed by atoms with Gasteiger partial charge in [0.2, 0.25) is 0 Å². The third-order valence-electron chi connectivity index (χ3n) is 4.44. The van der Waals surface area contributed by atoms with Gasteiger partial charge < -0.3 is 5.73 Å². The van der Waals surface area contributed by atoms with Gasteiger partial charge in [0, 0.05) is 12.3 Å². The molecule has 2 nitrogen and oxygen atoms in total. The van der Waals surface area contributed by atoms with Crippen molar-refractivity contribution in [2.45, 2.75) is 65.7 Å². The summed E-state index contributed by atoms with van der Waals surface area (Å²) in [5.74, 6) is 2.66. The maximum atomic E-state index is 12.4. The summed E-state index contributed by atoms with van der Waals surface area (Å²) in [5.41, 5.74) is 5.80. The van der Waals surface area contributed by atoms with E-state index in [0.29, 0.717) is 30.1 Å². The fourth-order valence-corrected chi connectivity index (χ4v) is 3.33. The Morgan fingerprint density at radius 2 is 2.06 bits per heavy atom. The van der Waals surface area contributed by atoms with Crippen molar-refractivity contribution in [3.05, 3.63) is 0 Å². The Balaban J connectivity index is 2.42. The van der Waals surface area contributed by atoms with E-state index in [1.165, 1.54) is 19.3 Å². The van der Waals surface area contributed by atoms with Crippen LogP contribution in [0.2, 0.25) is 0 Å². The lowest BCUT2D eigenvalue weighted by molar-refractivity contribution is -0.125. The molecule has 1 rings (SSSR count). The molecule has 0 bridgehead atoms. The number of hydrogen-bond acceptors (Lipinski definition) is 2. The Bertz CT molecular complexity index is 249. The maximum absolute atomic E-state index is 12.4. The summed E-state index contributed by atoms with van der Waals surface area (Å²) >= 11 is 0. The van der Waals surface area contributed by atoms with Crippen LogP contribution in [0.4, 0.5) is 0 Å². The summed E-state index contributed by atoms with van der Waals surface area (Å²) < 4.78 is 0. The smallest absolute Gasteiger partial charge is 0.136 e. The summed E-state index contributed by atoms with van der Waals surface area (Å²) in [7, 11) is 0. The minimum absolute atomic E-state index is 0.338. The number of nitrogens with two attached hydrogens (primary N) is 1. The third-order valence-corrected chi connectivity index (χ3v) is 4.44. The number of Topliss-reactive ketones (excluding diaryl/α,β-unsaturated/α-hetero) is 1. The summed E-state index contributed by atoms with van der Waals surface area (Å²) in [6, 6.07) is 0. The zero-order valence-corrected chi connectivity index (χ0v) is 12.5. The molecule has 1 aliphatic carbocycles. The van der Waals surface area contributed by atoms with E-state index in [0.717, 1.165) is 31.6 Å². The zero-order valence-electron chi connectivity index (χ0n) is 12.5. The predicted octanol–water partition coefficient (Wildman–Crippen LogP) is 3.78. The molecule has 18 heavy (non-hydrogen) atoms. The molecular weight excluding hydrogens is 222 g/mol. The minimum atomic E-state index is 0.338. The third kappa shape index (κ3) is 5.09. The molecule has 0 radical (unpaired) electrons. The highest BCUT2D eigenvalue weighted by molar-refractivity contribution is 5.81. The van der Waals surface area contributed by atoms with Crippen LogP contribution in [0.15, 0.2) is 0 Å². The molecule has 0 saturated heterocycles. The molecule has 2 N–H and O–H groups in total. The van der Waals surface area contributed by atoms with E-state index < -0.39 is 0 Å². The fourth-order valence-electron chi connectivity index (χ4n) is 3.33. The Labute approximate surface area is 113 Å². The molecule has 0 spiro atoms.